The van der Waals surface area contributed by atoms with E-state index in [1.54, 1.807) is 0 Å². The highest BCUT2D eigenvalue weighted by Crippen LogP contribution is 2.25. The smallest absolute Gasteiger partial charge is 0.000546 e. The van der Waals surface area contributed by atoms with Gasteiger partial charge in [-0.3, -0.25) is 0 Å². The molecule has 1 unspecified atom stereocenters. The van der Waals surface area contributed by atoms with E-state index >= 15 is 0 Å². The van der Waals surface area contributed by atoms with Gasteiger partial charge in [0, 0.05) is 0 Å². The molecule has 96 valence electrons. The summed E-state index contributed by atoms with van der Waals surface area (Å²) in [6.45, 7) is 12.4. The first kappa shape index (κ1) is 14.8. The van der Waals surface area contributed by atoms with E-state index in [0.717, 1.165) is 24.1 Å². The number of thiocarbonyl (C=S) groups is 1. The first-order valence-electron chi connectivity index (χ1n) is 6.36. The van der Waals surface area contributed by atoms with Gasteiger partial charge in [0.25, 0.3) is 0 Å². The van der Waals surface area contributed by atoms with Gasteiger partial charge in [-0.25, -0.2) is 0 Å². The van der Waals surface area contributed by atoms with Crippen molar-refractivity contribution in [3.05, 3.63) is 60.2 Å². The minimum Gasteiger partial charge on any atom is -0.0995 e. The molecule has 1 aromatic rings. The van der Waals surface area contributed by atoms with Crippen LogP contribution < -0.4 is 0 Å². The van der Waals surface area contributed by atoms with Crippen LogP contribution in [-0.2, 0) is 0 Å². The molecule has 0 spiro atoms. The molecular formula is C17H22S. The van der Waals surface area contributed by atoms with Crippen molar-refractivity contribution in [2.45, 2.75) is 39.0 Å². The molecular weight excluding hydrogens is 236 g/mol. The standard InChI is InChI=1S/C17H22S/c1-13(10-14(2)12-16(4)18)11-15(3)17-8-6-5-7-9-17/h5-9,15H,1-2,10-12H2,3-4H3. The third-order valence-corrected chi connectivity index (χ3v) is 3.11. The maximum Gasteiger partial charge on any atom is -0.000546 e. The second-order valence-corrected chi connectivity index (χ2v) is 5.77. The molecule has 0 saturated carbocycles. The highest BCUT2D eigenvalue weighted by atomic mass is 32.1. The van der Waals surface area contributed by atoms with Crippen LogP contribution >= 0.6 is 12.2 Å². The number of benzene rings is 1. The van der Waals surface area contributed by atoms with Crippen LogP contribution in [0.2, 0.25) is 0 Å². The maximum atomic E-state index is 5.10. The van der Waals surface area contributed by atoms with Gasteiger partial charge in [-0.05, 0) is 42.5 Å². The minimum absolute atomic E-state index is 0.514. The monoisotopic (exact) mass is 258 g/mol. The molecule has 18 heavy (non-hydrogen) atoms. The lowest BCUT2D eigenvalue weighted by Gasteiger charge is -2.14. The van der Waals surface area contributed by atoms with Gasteiger partial charge in [-0.1, -0.05) is 73.8 Å². The summed E-state index contributed by atoms with van der Waals surface area (Å²) in [5.41, 5.74) is 3.79. The Hall–Kier alpha value is -1.21. The third kappa shape index (κ3) is 5.42. The first-order valence-corrected chi connectivity index (χ1v) is 6.77. The molecule has 0 fully saturated rings. The Balaban J connectivity index is 2.45. The van der Waals surface area contributed by atoms with Gasteiger partial charge in [0.1, 0.15) is 0 Å². The topological polar surface area (TPSA) is 0 Å². The van der Waals surface area contributed by atoms with Gasteiger partial charge in [-0.15, -0.1) is 0 Å². The van der Waals surface area contributed by atoms with Crippen molar-refractivity contribution in [3.63, 3.8) is 0 Å². The molecule has 0 aromatic heterocycles. The summed E-state index contributed by atoms with van der Waals surface area (Å²) in [6.07, 6.45) is 2.75. The van der Waals surface area contributed by atoms with Crippen LogP contribution in [0.1, 0.15) is 44.6 Å². The zero-order valence-corrected chi connectivity index (χ0v) is 12.2. The normalized spacial score (nSPS) is 11.9. The zero-order chi connectivity index (χ0) is 13.5. The van der Waals surface area contributed by atoms with Crippen molar-refractivity contribution in [2.75, 3.05) is 0 Å². The van der Waals surface area contributed by atoms with E-state index in [9.17, 15) is 0 Å². The van der Waals surface area contributed by atoms with Crippen molar-refractivity contribution in [1.29, 1.82) is 0 Å². The van der Waals surface area contributed by atoms with Crippen LogP contribution in [-0.4, -0.2) is 4.86 Å². The fraction of sp³-hybridized carbons (Fsp3) is 0.353. The fourth-order valence-electron chi connectivity index (χ4n) is 2.17. The Labute approximate surface area is 116 Å². The SMILES string of the molecule is C=C(CC(=C)CC(C)c1ccccc1)CC(C)=S. The Bertz CT molecular complexity index is 428. The van der Waals surface area contributed by atoms with E-state index < -0.39 is 0 Å². The highest BCUT2D eigenvalue weighted by molar-refractivity contribution is 7.80. The summed E-state index contributed by atoms with van der Waals surface area (Å²) in [5, 5.41) is 0. The number of rotatable bonds is 7. The van der Waals surface area contributed by atoms with Gasteiger partial charge in [-0.2, -0.15) is 0 Å². The predicted molar refractivity (Wildman–Crippen MR) is 85.3 cm³/mol. The van der Waals surface area contributed by atoms with Gasteiger partial charge in [0.2, 0.25) is 0 Å². The van der Waals surface area contributed by atoms with Gasteiger partial charge in [0.05, 0.1) is 0 Å². The summed E-state index contributed by atoms with van der Waals surface area (Å²) < 4.78 is 0. The molecule has 0 nitrogen and oxygen atoms in total. The van der Waals surface area contributed by atoms with Crippen LogP contribution in [0.15, 0.2) is 54.6 Å². The third-order valence-electron chi connectivity index (χ3n) is 2.96. The lowest BCUT2D eigenvalue weighted by atomic mass is 9.91. The van der Waals surface area contributed by atoms with Crippen LogP contribution in [0.3, 0.4) is 0 Å². The average Bonchev–Trinajstić information content (AvgIpc) is 2.28. The maximum absolute atomic E-state index is 5.10. The van der Waals surface area contributed by atoms with Crippen molar-refractivity contribution in [3.8, 4) is 0 Å². The molecule has 0 heterocycles. The van der Waals surface area contributed by atoms with Gasteiger partial charge >= 0.3 is 0 Å². The Morgan fingerprint density at radius 3 is 2.28 bits per heavy atom. The molecule has 0 aliphatic heterocycles. The fourth-order valence-corrected chi connectivity index (χ4v) is 2.38. The molecule has 0 aliphatic carbocycles. The van der Waals surface area contributed by atoms with E-state index in [1.165, 1.54) is 16.7 Å². The summed E-state index contributed by atoms with van der Waals surface area (Å²) in [5.74, 6) is 0.514. The molecule has 1 rings (SSSR count). The molecule has 0 bridgehead atoms. The Morgan fingerprint density at radius 2 is 1.72 bits per heavy atom. The van der Waals surface area contributed by atoms with E-state index in [1.807, 2.05) is 6.92 Å². The lowest BCUT2D eigenvalue weighted by molar-refractivity contribution is 0.736. The highest BCUT2D eigenvalue weighted by Gasteiger charge is 2.08. The van der Waals surface area contributed by atoms with Gasteiger partial charge in [0.15, 0.2) is 0 Å². The number of hydrogen-bond acceptors (Lipinski definition) is 1. The van der Waals surface area contributed by atoms with Crippen LogP contribution in [0, 0.1) is 0 Å². The molecule has 0 saturated heterocycles. The predicted octanol–water partition coefficient (Wildman–Crippen LogP) is 5.46. The number of allylic oxidation sites excluding steroid dienone is 2. The van der Waals surface area contributed by atoms with Crippen LogP contribution in [0.5, 0.6) is 0 Å². The second-order valence-electron chi connectivity index (χ2n) is 5.07. The van der Waals surface area contributed by atoms with Crippen molar-refractivity contribution in [1.82, 2.24) is 0 Å². The summed E-state index contributed by atoms with van der Waals surface area (Å²) in [7, 11) is 0. The molecule has 1 heteroatoms. The lowest BCUT2D eigenvalue weighted by Crippen LogP contribution is -1.98. The molecule has 0 amide bonds. The average molecular weight is 258 g/mol. The van der Waals surface area contributed by atoms with Crippen molar-refractivity contribution in [2.24, 2.45) is 0 Å². The second kappa shape index (κ2) is 7.27. The van der Waals surface area contributed by atoms with Crippen LogP contribution in [0.25, 0.3) is 0 Å². The summed E-state index contributed by atoms with van der Waals surface area (Å²) >= 11 is 5.10. The molecule has 0 radical (unpaired) electrons. The Kier molecular flexibility index (Phi) is 6.00. The quantitative estimate of drug-likeness (QED) is 0.462. The van der Waals surface area contributed by atoms with Crippen LogP contribution in [0.4, 0.5) is 0 Å². The summed E-state index contributed by atoms with van der Waals surface area (Å²) in [4.78, 5) is 1.00. The van der Waals surface area contributed by atoms with Gasteiger partial charge < -0.3 is 0 Å². The molecule has 0 N–H and O–H groups in total. The first-order chi connectivity index (χ1) is 8.49. The molecule has 0 aliphatic rings. The van der Waals surface area contributed by atoms with E-state index in [4.69, 9.17) is 12.2 Å². The number of hydrogen-bond donors (Lipinski definition) is 0. The Morgan fingerprint density at radius 1 is 1.11 bits per heavy atom. The minimum atomic E-state index is 0.514. The van der Waals surface area contributed by atoms with E-state index in [-0.39, 0.29) is 0 Å². The zero-order valence-electron chi connectivity index (χ0n) is 11.4. The van der Waals surface area contributed by atoms with Crippen molar-refractivity contribution < 1.29 is 0 Å². The largest absolute Gasteiger partial charge is 0.0995 e. The molecule has 1 atom stereocenters. The van der Waals surface area contributed by atoms with E-state index in [2.05, 4.69) is 50.4 Å². The summed E-state index contributed by atoms with van der Waals surface area (Å²) in [6, 6.07) is 10.6. The molecule has 1 aromatic carbocycles. The van der Waals surface area contributed by atoms with E-state index in [0.29, 0.717) is 5.92 Å². The van der Waals surface area contributed by atoms with Crippen molar-refractivity contribution >= 4 is 17.1 Å².